The SMILES string of the molecule is Cl.Cn1c(CN2CCCNCC2)nc2ccccc21. The van der Waals surface area contributed by atoms with E-state index in [1.807, 2.05) is 0 Å². The number of aryl methyl sites for hydroxylation is 1. The highest BCUT2D eigenvalue weighted by Crippen LogP contribution is 2.15. The summed E-state index contributed by atoms with van der Waals surface area (Å²) in [5.41, 5.74) is 2.32. The Bertz CT molecular complexity index is 529. The van der Waals surface area contributed by atoms with E-state index in [0.717, 1.165) is 44.1 Å². The van der Waals surface area contributed by atoms with Crippen LogP contribution in [0.15, 0.2) is 24.3 Å². The molecule has 104 valence electrons. The first kappa shape index (κ1) is 14.3. The van der Waals surface area contributed by atoms with Crippen LogP contribution in [0.2, 0.25) is 0 Å². The summed E-state index contributed by atoms with van der Waals surface area (Å²) in [7, 11) is 2.11. The lowest BCUT2D eigenvalue weighted by Crippen LogP contribution is -2.28. The fraction of sp³-hybridized carbons (Fsp3) is 0.500. The summed E-state index contributed by atoms with van der Waals surface area (Å²) >= 11 is 0. The highest BCUT2D eigenvalue weighted by atomic mass is 35.5. The second-order valence-corrected chi connectivity index (χ2v) is 4.96. The molecule has 3 rings (SSSR count). The molecular weight excluding hydrogens is 260 g/mol. The van der Waals surface area contributed by atoms with E-state index < -0.39 is 0 Å². The fourth-order valence-corrected chi connectivity index (χ4v) is 2.60. The van der Waals surface area contributed by atoms with Crippen LogP contribution in [0, 0.1) is 0 Å². The lowest BCUT2D eigenvalue weighted by atomic mass is 10.3. The number of imidazole rings is 1. The minimum Gasteiger partial charge on any atom is -0.330 e. The Balaban J connectivity index is 0.00000133. The van der Waals surface area contributed by atoms with Crippen molar-refractivity contribution in [3.05, 3.63) is 30.1 Å². The molecule has 2 aromatic rings. The monoisotopic (exact) mass is 280 g/mol. The van der Waals surface area contributed by atoms with Crippen molar-refractivity contribution < 1.29 is 0 Å². The van der Waals surface area contributed by atoms with Gasteiger partial charge in [0.05, 0.1) is 17.6 Å². The van der Waals surface area contributed by atoms with Crippen molar-refractivity contribution in [2.24, 2.45) is 7.05 Å². The van der Waals surface area contributed by atoms with Crippen molar-refractivity contribution >= 4 is 23.4 Å². The molecule has 0 atom stereocenters. The number of para-hydroxylation sites is 2. The Morgan fingerprint density at radius 1 is 1.21 bits per heavy atom. The second kappa shape index (κ2) is 6.37. The zero-order chi connectivity index (χ0) is 12.4. The third-order valence-corrected chi connectivity index (χ3v) is 3.68. The van der Waals surface area contributed by atoms with Gasteiger partial charge in [0.25, 0.3) is 0 Å². The minimum absolute atomic E-state index is 0. The highest BCUT2D eigenvalue weighted by molar-refractivity contribution is 5.85. The molecule has 0 amide bonds. The van der Waals surface area contributed by atoms with Crippen LogP contribution in [0.25, 0.3) is 11.0 Å². The summed E-state index contributed by atoms with van der Waals surface area (Å²) in [6.07, 6.45) is 1.23. The smallest absolute Gasteiger partial charge is 0.123 e. The van der Waals surface area contributed by atoms with Gasteiger partial charge in [-0.1, -0.05) is 12.1 Å². The van der Waals surface area contributed by atoms with Crippen molar-refractivity contribution in [1.29, 1.82) is 0 Å². The number of hydrogen-bond donors (Lipinski definition) is 1. The van der Waals surface area contributed by atoms with E-state index in [2.05, 4.69) is 46.1 Å². The molecule has 1 aliphatic heterocycles. The Kier molecular flexibility index (Phi) is 4.80. The maximum Gasteiger partial charge on any atom is 0.123 e. The molecule has 1 aromatic heterocycles. The number of benzene rings is 1. The standard InChI is InChI=1S/C14H20N4.ClH/c1-17-13-6-3-2-5-12(13)16-14(17)11-18-9-4-7-15-8-10-18;/h2-3,5-6,15H,4,7-11H2,1H3;1H. The third kappa shape index (κ3) is 3.08. The quantitative estimate of drug-likeness (QED) is 0.911. The average Bonchev–Trinajstić information content (AvgIpc) is 2.58. The maximum atomic E-state index is 4.74. The number of nitrogens with zero attached hydrogens (tertiary/aromatic N) is 3. The first-order valence-electron chi connectivity index (χ1n) is 6.68. The zero-order valence-corrected chi connectivity index (χ0v) is 12.1. The second-order valence-electron chi connectivity index (χ2n) is 4.96. The van der Waals surface area contributed by atoms with Crippen LogP contribution in [-0.4, -0.2) is 40.6 Å². The van der Waals surface area contributed by atoms with Crippen LogP contribution in [0.5, 0.6) is 0 Å². The van der Waals surface area contributed by atoms with Gasteiger partial charge in [-0.25, -0.2) is 4.98 Å². The van der Waals surface area contributed by atoms with Crippen molar-refractivity contribution in [2.75, 3.05) is 26.2 Å². The van der Waals surface area contributed by atoms with Gasteiger partial charge < -0.3 is 9.88 Å². The molecule has 4 nitrogen and oxygen atoms in total. The molecule has 0 unspecified atom stereocenters. The summed E-state index contributed by atoms with van der Waals surface area (Å²) in [4.78, 5) is 7.23. The van der Waals surface area contributed by atoms with Gasteiger partial charge in [-0.3, -0.25) is 4.90 Å². The molecule has 0 aliphatic carbocycles. The Morgan fingerprint density at radius 2 is 2.05 bits per heavy atom. The van der Waals surface area contributed by atoms with Crippen LogP contribution < -0.4 is 5.32 Å². The molecule has 1 fully saturated rings. The lowest BCUT2D eigenvalue weighted by Gasteiger charge is -2.18. The Hall–Kier alpha value is -1.10. The van der Waals surface area contributed by atoms with Crippen LogP contribution in [-0.2, 0) is 13.6 Å². The lowest BCUT2D eigenvalue weighted by molar-refractivity contribution is 0.275. The van der Waals surface area contributed by atoms with Gasteiger partial charge in [0.2, 0.25) is 0 Å². The average molecular weight is 281 g/mol. The first-order valence-corrected chi connectivity index (χ1v) is 6.68. The van der Waals surface area contributed by atoms with Gasteiger partial charge >= 0.3 is 0 Å². The molecule has 0 bridgehead atoms. The first-order chi connectivity index (χ1) is 8.84. The number of nitrogens with one attached hydrogen (secondary N) is 1. The minimum atomic E-state index is 0. The van der Waals surface area contributed by atoms with Crippen molar-refractivity contribution in [1.82, 2.24) is 19.8 Å². The normalized spacial score (nSPS) is 17.1. The van der Waals surface area contributed by atoms with Gasteiger partial charge in [-0.2, -0.15) is 0 Å². The number of aromatic nitrogens is 2. The molecule has 0 saturated carbocycles. The van der Waals surface area contributed by atoms with Crippen molar-refractivity contribution in [2.45, 2.75) is 13.0 Å². The molecule has 5 heteroatoms. The summed E-state index contributed by atoms with van der Waals surface area (Å²) in [5.74, 6) is 1.16. The number of rotatable bonds is 2. The van der Waals surface area contributed by atoms with Crippen molar-refractivity contribution in [3.8, 4) is 0 Å². The van der Waals surface area contributed by atoms with Gasteiger partial charge in [-0.05, 0) is 31.6 Å². The van der Waals surface area contributed by atoms with E-state index in [1.54, 1.807) is 0 Å². The maximum absolute atomic E-state index is 4.74. The fourth-order valence-electron chi connectivity index (χ4n) is 2.60. The predicted octanol–water partition coefficient (Wildman–Crippen LogP) is 1.79. The predicted molar refractivity (Wildman–Crippen MR) is 80.7 cm³/mol. The molecule has 1 saturated heterocycles. The third-order valence-electron chi connectivity index (χ3n) is 3.68. The van der Waals surface area contributed by atoms with Gasteiger partial charge in [-0.15, -0.1) is 12.4 Å². The van der Waals surface area contributed by atoms with Gasteiger partial charge in [0.15, 0.2) is 0 Å². The van der Waals surface area contributed by atoms with Gasteiger partial charge in [0, 0.05) is 20.1 Å². The van der Waals surface area contributed by atoms with Crippen LogP contribution in [0.1, 0.15) is 12.2 Å². The molecule has 1 aliphatic rings. The molecule has 0 spiro atoms. The van der Waals surface area contributed by atoms with E-state index in [0.29, 0.717) is 0 Å². The number of halogens is 1. The number of fused-ring (bicyclic) bond motifs is 1. The van der Waals surface area contributed by atoms with Gasteiger partial charge in [0.1, 0.15) is 5.82 Å². The molecule has 19 heavy (non-hydrogen) atoms. The van der Waals surface area contributed by atoms with Crippen LogP contribution in [0.4, 0.5) is 0 Å². The summed E-state index contributed by atoms with van der Waals surface area (Å²) < 4.78 is 2.22. The van der Waals surface area contributed by atoms with Crippen LogP contribution in [0.3, 0.4) is 0 Å². The summed E-state index contributed by atoms with van der Waals surface area (Å²) in [5, 5.41) is 3.44. The summed E-state index contributed by atoms with van der Waals surface area (Å²) in [6, 6.07) is 8.34. The largest absolute Gasteiger partial charge is 0.330 e. The van der Waals surface area contributed by atoms with E-state index in [4.69, 9.17) is 4.98 Å². The van der Waals surface area contributed by atoms with Crippen molar-refractivity contribution in [3.63, 3.8) is 0 Å². The Morgan fingerprint density at radius 3 is 2.89 bits per heavy atom. The van der Waals surface area contributed by atoms with E-state index in [-0.39, 0.29) is 12.4 Å². The molecule has 1 N–H and O–H groups in total. The Labute approximate surface area is 120 Å². The summed E-state index contributed by atoms with van der Waals surface area (Å²) in [6.45, 7) is 5.45. The van der Waals surface area contributed by atoms with Crippen LogP contribution >= 0.6 is 12.4 Å². The molecular formula is C14H21ClN4. The molecule has 2 heterocycles. The highest BCUT2D eigenvalue weighted by Gasteiger charge is 2.13. The zero-order valence-electron chi connectivity index (χ0n) is 11.3. The molecule has 0 radical (unpaired) electrons. The molecule has 1 aromatic carbocycles. The number of hydrogen-bond acceptors (Lipinski definition) is 3. The van der Waals surface area contributed by atoms with E-state index in [9.17, 15) is 0 Å². The van der Waals surface area contributed by atoms with E-state index >= 15 is 0 Å². The van der Waals surface area contributed by atoms with E-state index in [1.165, 1.54) is 11.9 Å². The topological polar surface area (TPSA) is 33.1 Å².